The van der Waals surface area contributed by atoms with Crippen LogP contribution in [-0.2, 0) is 6.54 Å². The Labute approximate surface area is 90.7 Å². The third-order valence-electron chi connectivity index (χ3n) is 2.29. The van der Waals surface area contributed by atoms with Crippen LogP contribution >= 0.6 is 0 Å². The molecule has 15 heavy (non-hydrogen) atoms. The third kappa shape index (κ3) is 4.27. The zero-order valence-electron chi connectivity index (χ0n) is 9.35. The van der Waals surface area contributed by atoms with Gasteiger partial charge in [-0.25, -0.2) is 4.98 Å². The van der Waals surface area contributed by atoms with E-state index in [4.69, 9.17) is 10.8 Å². The highest BCUT2D eigenvalue weighted by atomic mass is 16.3. The Bertz CT molecular complexity index is 302. The number of aliphatic hydroxyl groups excluding tert-OH is 1. The van der Waals surface area contributed by atoms with Crippen molar-refractivity contribution in [1.82, 2.24) is 9.88 Å². The van der Waals surface area contributed by atoms with Crippen LogP contribution in [0.4, 0.5) is 5.82 Å². The molecule has 0 spiro atoms. The van der Waals surface area contributed by atoms with Gasteiger partial charge in [0.05, 0.1) is 6.10 Å². The van der Waals surface area contributed by atoms with E-state index in [2.05, 4.69) is 9.88 Å². The molecule has 1 aromatic rings. The van der Waals surface area contributed by atoms with Crippen molar-refractivity contribution in [3.05, 3.63) is 23.9 Å². The van der Waals surface area contributed by atoms with Gasteiger partial charge in [0.25, 0.3) is 0 Å². The number of hydrogen-bond acceptors (Lipinski definition) is 4. The minimum Gasteiger partial charge on any atom is -0.393 e. The summed E-state index contributed by atoms with van der Waals surface area (Å²) in [6.45, 7) is 3.42. The summed E-state index contributed by atoms with van der Waals surface area (Å²) in [5, 5.41) is 9.16. The maximum absolute atomic E-state index is 9.16. The average molecular weight is 209 g/mol. The van der Waals surface area contributed by atoms with Crippen molar-refractivity contribution >= 4 is 5.82 Å². The van der Waals surface area contributed by atoms with Gasteiger partial charge in [0.2, 0.25) is 0 Å². The van der Waals surface area contributed by atoms with E-state index in [1.807, 2.05) is 19.2 Å². The van der Waals surface area contributed by atoms with Crippen molar-refractivity contribution in [3.63, 3.8) is 0 Å². The molecule has 0 radical (unpaired) electrons. The quantitative estimate of drug-likeness (QED) is 0.755. The maximum Gasteiger partial charge on any atom is 0.127 e. The molecule has 1 atom stereocenters. The Hall–Kier alpha value is -1.13. The van der Waals surface area contributed by atoms with E-state index in [-0.39, 0.29) is 6.10 Å². The standard InChI is InChI=1S/C11H19N3O/c1-9(15)5-7-14(2)8-10-4-3-6-13-11(10)12/h3-4,6,9,15H,5,7-8H2,1-2H3,(H2,12,13). The highest BCUT2D eigenvalue weighted by molar-refractivity contribution is 5.38. The van der Waals surface area contributed by atoms with Crippen LogP contribution in [0.1, 0.15) is 18.9 Å². The smallest absolute Gasteiger partial charge is 0.127 e. The lowest BCUT2D eigenvalue weighted by molar-refractivity contribution is 0.163. The number of rotatable bonds is 5. The molecule has 0 aliphatic heterocycles. The Balaban J connectivity index is 2.44. The second kappa shape index (κ2) is 5.68. The monoisotopic (exact) mass is 209 g/mol. The molecule has 1 heterocycles. The summed E-state index contributed by atoms with van der Waals surface area (Å²) < 4.78 is 0. The zero-order chi connectivity index (χ0) is 11.3. The third-order valence-corrected chi connectivity index (χ3v) is 2.29. The van der Waals surface area contributed by atoms with Gasteiger partial charge in [0.1, 0.15) is 5.82 Å². The molecule has 1 rings (SSSR count). The van der Waals surface area contributed by atoms with E-state index in [0.717, 1.165) is 25.1 Å². The lowest BCUT2D eigenvalue weighted by Crippen LogP contribution is -2.22. The SMILES string of the molecule is CC(O)CCN(C)Cc1cccnc1N. The highest BCUT2D eigenvalue weighted by Gasteiger charge is 2.05. The number of hydrogen-bond donors (Lipinski definition) is 2. The van der Waals surface area contributed by atoms with E-state index in [1.165, 1.54) is 0 Å². The van der Waals surface area contributed by atoms with Crippen LogP contribution < -0.4 is 5.73 Å². The summed E-state index contributed by atoms with van der Waals surface area (Å²) >= 11 is 0. The number of pyridine rings is 1. The van der Waals surface area contributed by atoms with Gasteiger partial charge in [0.15, 0.2) is 0 Å². The van der Waals surface area contributed by atoms with E-state index < -0.39 is 0 Å². The summed E-state index contributed by atoms with van der Waals surface area (Å²) in [6.07, 6.45) is 2.21. The van der Waals surface area contributed by atoms with Crippen molar-refractivity contribution in [2.45, 2.75) is 26.0 Å². The van der Waals surface area contributed by atoms with Gasteiger partial charge in [-0.2, -0.15) is 0 Å². The minimum absolute atomic E-state index is 0.251. The number of nitrogens with two attached hydrogens (primary N) is 1. The summed E-state index contributed by atoms with van der Waals surface area (Å²) in [5.41, 5.74) is 6.77. The van der Waals surface area contributed by atoms with Gasteiger partial charge in [-0.3, -0.25) is 0 Å². The molecule has 0 aliphatic carbocycles. The lowest BCUT2D eigenvalue weighted by atomic mass is 10.2. The Kier molecular flexibility index (Phi) is 4.52. The molecular weight excluding hydrogens is 190 g/mol. The molecule has 1 aromatic heterocycles. The predicted octanol–water partition coefficient (Wildman–Crippen LogP) is 0.867. The molecule has 0 aliphatic rings. The fourth-order valence-electron chi connectivity index (χ4n) is 1.36. The van der Waals surface area contributed by atoms with E-state index in [1.54, 1.807) is 13.1 Å². The number of nitrogens with zero attached hydrogens (tertiary/aromatic N) is 2. The molecule has 4 nitrogen and oxygen atoms in total. The van der Waals surface area contributed by atoms with Gasteiger partial charge in [-0.1, -0.05) is 6.07 Å². The predicted molar refractivity (Wildman–Crippen MR) is 61.3 cm³/mol. The molecule has 0 saturated heterocycles. The van der Waals surface area contributed by atoms with Crippen LogP contribution in [-0.4, -0.2) is 34.7 Å². The van der Waals surface area contributed by atoms with E-state index >= 15 is 0 Å². The van der Waals surface area contributed by atoms with Gasteiger partial charge in [0, 0.05) is 24.8 Å². The number of nitrogen functional groups attached to an aromatic ring is 1. The number of anilines is 1. The van der Waals surface area contributed by atoms with Crippen molar-refractivity contribution in [1.29, 1.82) is 0 Å². The van der Waals surface area contributed by atoms with Crippen LogP contribution in [0, 0.1) is 0 Å². The van der Waals surface area contributed by atoms with Crippen molar-refractivity contribution in [3.8, 4) is 0 Å². The van der Waals surface area contributed by atoms with E-state index in [9.17, 15) is 0 Å². The average Bonchev–Trinajstić information content (AvgIpc) is 2.18. The lowest BCUT2D eigenvalue weighted by Gasteiger charge is -2.18. The molecular formula is C11H19N3O. The first-order valence-corrected chi connectivity index (χ1v) is 5.15. The van der Waals surface area contributed by atoms with Crippen LogP contribution in [0.5, 0.6) is 0 Å². The minimum atomic E-state index is -0.251. The second-order valence-electron chi connectivity index (χ2n) is 3.92. The van der Waals surface area contributed by atoms with Crippen molar-refractivity contribution < 1.29 is 5.11 Å². The largest absolute Gasteiger partial charge is 0.393 e. The molecule has 0 fully saturated rings. The number of aliphatic hydroxyl groups is 1. The Morgan fingerprint density at radius 1 is 1.60 bits per heavy atom. The molecule has 0 bridgehead atoms. The van der Waals surface area contributed by atoms with Gasteiger partial charge in [-0.05, 0) is 26.5 Å². The Morgan fingerprint density at radius 3 is 2.93 bits per heavy atom. The highest BCUT2D eigenvalue weighted by Crippen LogP contribution is 2.09. The summed E-state index contributed by atoms with van der Waals surface area (Å²) in [5.74, 6) is 0.585. The first kappa shape index (κ1) is 11.9. The normalized spacial score (nSPS) is 13.1. The first-order valence-electron chi connectivity index (χ1n) is 5.15. The van der Waals surface area contributed by atoms with Gasteiger partial charge >= 0.3 is 0 Å². The maximum atomic E-state index is 9.16. The summed E-state index contributed by atoms with van der Waals surface area (Å²) in [6, 6.07) is 3.86. The fraction of sp³-hybridized carbons (Fsp3) is 0.545. The van der Waals surface area contributed by atoms with Crippen molar-refractivity contribution in [2.75, 3.05) is 19.3 Å². The van der Waals surface area contributed by atoms with Gasteiger partial charge in [-0.15, -0.1) is 0 Å². The molecule has 4 heteroatoms. The summed E-state index contributed by atoms with van der Waals surface area (Å²) in [4.78, 5) is 6.15. The first-order chi connectivity index (χ1) is 7.09. The molecule has 3 N–H and O–H groups in total. The van der Waals surface area contributed by atoms with Crippen LogP contribution in [0.3, 0.4) is 0 Å². The molecule has 1 unspecified atom stereocenters. The fourth-order valence-corrected chi connectivity index (χ4v) is 1.36. The van der Waals surface area contributed by atoms with Gasteiger partial charge < -0.3 is 15.7 Å². The zero-order valence-corrected chi connectivity index (χ0v) is 9.35. The van der Waals surface area contributed by atoms with Crippen molar-refractivity contribution in [2.24, 2.45) is 0 Å². The Morgan fingerprint density at radius 2 is 2.33 bits per heavy atom. The van der Waals surface area contributed by atoms with E-state index in [0.29, 0.717) is 5.82 Å². The van der Waals surface area contributed by atoms with Crippen LogP contribution in [0.2, 0.25) is 0 Å². The molecule has 0 aromatic carbocycles. The second-order valence-corrected chi connectivity index (χ2v) is 3.92. The van der Waals surface area contributed by atoms with Crippen LogP contribution in [0.25, 0.3) is 0 Å². The topological polar surface area (TPSA) is 62.4 Å². The molecule has 0 saturated carbocycles. The summed E-state index contributed by atoms with van der Waals surface area (Å²) in [7, 11) is 2.01. The molecule has 0 amide bonds. The molecule has 84 valence electrons. The number of aromatic nitrogens is 1. The van der Waals surface area contributed by atoms with Crippen LogP contribution in [0.15, 0.2) is 18.3 Å².